The lowest BCUT2D eigenvalue weighted by Crippen LogP contribution is -2.49. The largest absolute Gasteiger partial charge is 0.312 e. The molecule has 1 N–H and O–H groups in total. The van der Waals surface area contributed by atoms with Crippen molar-refractivity contribution >= 4 is 9.84 Å². The topological polar surface area (TPSA) is 46.2 Å². The Balaban J connectivity index is 2.83. The molecule has 0 radical (unpaired) electrons. The Morgan fingerprint density at radius 3 is 2.11 bits per heavy atom. The molecule has 3 nitrogen and oxygen atoms in total. The van der Waals surface area contributed by atoms with Crippen LogP contribution < -0.4 is 5.32 Å². The second-order valence-corrected chi connectivity index (χ2v) is 9.09. The van der Waals surface area contributed by atoms with Gasteiger partial charge in [-0.3, -0.25) is 0 Å². The van der Waals surface area contributed by atoms with E-state index in [-0.39, 0.29) is 11.3 Å². The molecule has 0 heterocycles. The number of hydrogen-bond donors (Lipinski definition) is 1. The molecule has 1 aliphatic rings. The van der Waals surface area contributed by atoms with E-state index in [1.54, 1.807) is 0 Å². The third-order valence-corrected chi connectivity index (χ3v) is 6.18. The first kappa shape index (κ1) is 17.0. The first-order chi connectivity index (χ1) is 8.75. The van der Waals surface area contributed by atoms with Gasteiger partial charge in [-0.2, -0.15) is 0 Å². The highest BCUT2D eigenvalue weighted by atomic mass is 32.2. The molecule has 4 atom stereocenters. The fourth-order valence-electron chi connectivity index (χ4n) is 3.60. The van der Waals surface area contributed by atoms with Gasteiger partial charge < -0.3 is 5.32 Å². The van der Waals surface area contributed by atoms with E-state index in [0.29, 0.717) is 17.8 Å². The van der Waals surface area contributed by atoms with E-state index in [1.165, 1.54) is 12.7 Å². The average molecular weight is 289 g/mol. The van der Waals surface area contributed by atoms with Crippen LogP contribution in [0.4, 0.5) is 0 Å². The van der Waals surface area contributed by atoms with Crippen LogP contribution in [-0.4, -0.2) is 32.5 Å². The molecule has 0 aliphatic heterocycles. The van der Waals surface area contributed by atoms with Crippen LogP contribution in [0.5, 0.6) is 0 Å². The number of nitrogens with one attached hydrogen (secondary N) is 1. The maximum absolute atomic E-state index is 11.9. The molecule has 1 saturated carbocycles. The van der Waals surface area contributed by atoms with Crippen LogP contribution in [0.3, 0.4) is 0 Å². The number of sulfone groups is 1. The predicted molar refractivity (Wildman–Crippen MR) is 82.1 cm³/mol. The van der Waals surface area contributed by atoms with Gasteiger partial charge in [-0.15, -0.1) is 0 Å². The molecule has 0 saturated heterocycles. The molecule has 0 amide bonds. The molecule has 0 bridgehead atoms. The Morgan fingerprint density at radius 2 is 1.68 bits per heavy atom. The molecule has 4 unspecified atom stereocenters. The van der Waals surface area contributed by atoms with Gasteiger partial charge in [-0.25, -0.2) is 8.42 Å². The zero-order chi connectivity index (χ0) is 14.6. The summed E-state index contributed by atoms with van der Waals surface area (Å²) >= 11 is 0. The van der Waals surface area contributed by atoms with Crippen LogP contribution in [0.25, 0.3) is 0 Å². The van der Waals surface area contributed by atoms with E-state index in [0.717, 1.165) is 25.8 Å². The van der Waals surface area contributed by atoms with Crippen LogP contribution in [0.15, 0.2) is 0 Å². The molecular weight excluding hydrogens is 258 g/mol. The van der Waals surface area contributed by atoms with Gasteiger partial charge >= 0.3 is 0 Å². The first-order valence-corrected chi connectivity index (χ1v) is 9.63. The molecule has 1 rings (SSSR count). The molecule has 19 heavy (non-hydrogen) atoms. The average Bonchev–Trinajstić information content (AvgIpc) is 2.26. The van der Waals surface area contributed by atoms with Crippen molar-refractivity contribution in [1.82, 2.24) is 5.32 Å². The Labute approximate surface area is 119 Å². The van der Waals surface area contributed by atoms with Crippen LogP contribution in [0, 0.1) is 17.8 Å². The van der Waals surface area contributed by atoms with Crippen LogP contribution in [-0.2, 0) is 9.84 Å². The van der Waals surface area contributed by atoms with Gasteiger partial charge in [0, 0.05) is 12.3 Å². The third kappa shape index (κ3) is 5.07. The maximum Gasteiger partial charge on any atom is 0.151 e. The monoisotopic (exact) mass is 289 g/mol. The van der Waals surface area contributed by atoms with Crippen molar-refractivity contribution in [3.8, 4) is 0 Å². The first-order valence-electron chi connectivity index (χ1n) is 7.67. The lowest BCUT2D eigenvalue weighted by atomic mass is 9.73. The van der Waals surface area contributed by atoms with E-state index in [2.05, 4.69) is 26.1 Å². The van der Waals surface area contributed by atoms with Gasteiger partial charge in [0.1, 0.15) is 0 Å². The summed E-state index contributed by atoms with van der Waals surface area (Å²) in [6, 6.07) is 0.111. The molecule has 0 aromatic rings. The zero-order valence-corrected chi connectivity index (χ0v) is 14.0. The van der Waals surface area contributed by atoms with E-state index in [9.17, 15) is 8.42 Å². The summed E-state index contributed by atoms with van der Waals surface area (Å²) in [7, 11) is -2.98. The number of rotatable bonds is 6. The molecule has 114 valence electrons. The summed E-state index contributed by atoms with van der Waals surface area (Å²) < 4.78 is 23.8. The molecule has 4 heteroatoms. The summed E-state index contributed by atoms with van der Waals surface area (Å²) in [5.41, 5.74) is 0. The second-order valence-electron chi connectivity index (χ2n) is 6.69. The van der Waals surface area contributed by atoms with Crippen molar-refractivity contribution in [3.63, 3.8) is 0 Å². The highest BCUT2D eigenvalue weighted by molar-refractivity contribution is 7.91. The molecule has 0 spiro atoms. The predicted octanol–water partition coefficient (Wildman–Crippen LogP) is 2.86. The normalized spacial score (nSPS) is 31.9. The van der Waals surface area contributed by atoms with Gasteiger partial charge in [-0.1, -0.05) is 20.8 Å². The van der Waals surface area contributed by atoms with Gasteiger partial charge in [0.05, 0.1) is 5.25 Å². The lowest BCUT2D eigenvalue weighted by molar-refractivity contribution is 0.174. The molecular formula is C15H31NO2S. The summed E-state index contributed by atoms with van der Waals surface area (Å²) in [6.07, 6.45) is 6.01. The van der Waals surface area contributed by atoms with E-state index >= 15 is 0 Å². The minimum Gasteiger partial charge on any atom is -0.312 e. The van der Waals surface area contributed by atoms with E-state index < -0.39 is 9.84 Å². The van der Waals surface area contributed by atoms with Crippen molar-refractivity contribution in [2.45, 2.75) is 64.7 Å². The Hall–Kier alpha value is -0.0900. The van der Waals surface area contributed by atoms with E-state index in [1.807, 2.05) is 6.92 Å². The Kier molecular flexibility index (Phi) is 6.31. The van der Waals surface area contributed by atoms with Gasteiger partial charge in [0.2, 0.25) is 0 Å². The summed E-state index contributed by atoms with van der Waals surface area (Å²) in [5, 5.41) is 3.22. The third-order valence-electron chi connectivity index (χ3n) is 4.53. The quantitative estimate of drug-likeness (QED) is 0.818. The van der Waals surface area contributed by atoms with Crippen molar-refractivity contribution < 1.29 is 8.42 Å². The molecule has 1 fully saturated rings. The Morgan fingerprint density at radius 1 is 1.16 bits per heavy atom. The summed E-state index contributed by atoms with van der Waals surface area (Å²) in [5.74, 6) is 1.92. The van der Waals surface area contributed by atoms with E-state index in [4.69, 9.17) is 0 Å². The standard InChI is InChI=1S/C15H31NO2S/c1-6-7-16-15(13(4)19(5,17)18)14-9-11(2)8-12(3)10-14/h11-16H,6-10H2,1-5H3. The van der Waals surface area contributed by atoms with Gasteiger partial charge in [0.25, 0.3) is 0 Å². The summed E-state index contributed by atoms with van der Waals surface area (Å²) in [4.78, 5) is 0. The molecule has 1 aliphatic carbocycles. The van der Waals surface area contributed by atoms with Gasteiger partial charge in [-0.05, 0) is 56.9 Å². The van der Waals surface area contributed by atoms with Crippen molar-refractivity contribution in [2.75, 3.05) is 12.8 Å². The fourth-order valence-corrected chi connectivity index (χ4v) is 4.45. The van der Waals surface area contributed by atoms with Gasteiger partial charge in [0.15, 0.2) is 9.84 Å². The fraction of sp³-hybridized carbons (Fsp3) is 1.00. The number of hydrogen-bond acceptors (Lipinski definition) is 3. The Bertz CT molecular complexity index is 356. The molecule has 0 aromatic carbocycles. The van der Waals surface area contributed by atoms with Crippen LogP contribution >= 0.6 is 0 Å². The van der Waals surface area contributed by atoms with Crippen LogP contribution in [0.1, 0.15) is 53.4 Å². The highest BCUT2D eigenvalue weighted by Crippen LogP contribution is 2.36. The smallest absolute Gasteiger partial charge is 0.151 e. The maximum atomic E-state index is 11.9. The van der Waals surface area contributed by atoms with Crippen molar-refractivity contribution in [1.29, 1.82) is 0 Å². The summed E-state index contributed by atoms with van der Waals surface area (Å²) in [6.45, 7) is 9.49. The SMILES string of the molecule is CCCNC(C1CC(C)CC(C)C1)C(C)S(C)(=O)=O. The van der Waals surface area contributed by atoms with Crippen molar-refractivity contribution in [2.24, 2.45) is 17.8 Å². The molecule has 0 aromatic heterocycles. The second kappa shape index (κ2) is 7.07. The minimum absolute atomic E-state index is 0.111. The van der Waals surface area contributed by atoms with Crippen molar-refractivity contribution in [3.05, 3.63) is 0 Å². The minimum atomic E-state index is -2.98. The van der Waals surface area contributed by atoms with Crippen LogP contribution in [0.2, 0.25) is 0 Å². The highest BCUT2D eigenvalue weighted by Gasteiger charge is 2.36. The zero-order valence-electron chi connectivity index (χ0n) is 13.1. The lowest BCUT2D eigenvalue weighted by Gasteiger charge is -2.39.